The van der Waals surface area contributed by atoms with Gasteiger partial charge in [-0.05, 0) is 17.7 Å². The molecule has 162 valence electrons. The minimum absolute atomic E-state index is 0.256. The van der Waals surface area contributed by atoms with Gasteiger partial charge in [0.05, 0.1) is 5.52 Å². The highest BCUT2D eigenvalue weighted by Gasteiger charge is 2.33. The number of carboxylic acids is 2. The van der Waals surface area contributed by atoms with Gasteiger partial charge in [0.2, 0.25) is 0 Å². The molecule has 1 aliphatic rings. The monoisotopic (exact) mass is 441 g/mol. The highest BCUT2D eigenvalue weighted by molar-refractivity contribution is 6.31. The van der Waals surface area contributed by atoms with E-state index in [9.17, 15) is 19.8 Å². The molecule has 2 N–H and O–H groups in total. The molecule has 1 unspecified atom stereocenters. The molecule has 1 saturated heterocycles. The van der Waals surface area contributed by atoms with Crippen LogP contribution in [0.1, 0.15) is 17.2 Å². The summed E-state index contributed by atoms with van der Waals surface area (Å²) in [5.41, 5.74) is 2.45. The first-order chi connectivity index (χ1) is 14.9. The van der Waals surface area contributed by atoms with Gasteiger partial charge in [0.25, 0.3) is 0 Å². The first-order valence-corrected chi connectivity index (χ1v) is 10.5. The van der Waals surface area contributed by atoms with Crippen molar-refractivity contribution in [3.8, 4) is 0 Å². The van der Waals surface area contributed by atoms with Gasteiger partial charge in [-0.25, -0.2) is 0 Å². The molecule has 2 aromatic carbocycles. The van der Waals surface area contributed by atoms with E-state index in [0.29, 0.717) is 34.6 Å². The lowest BCUT2D eigenvalue weighted by molar-refractivity contribution is -0.144. The van der Waals surface area contributed by atoms with Gasteiger partial charge >= 0.3 is 11.9 Å². The Morgan fingerprint density at radius 3 is 2.35 bits per heavy atom. The van der Waals surface area contributed by atoms with E-state index in [4.69, 9.17) is 11.6 Å². The van der Waals surface area contributed by atoms with E-state index in [0.717, 1.165) is 19.6 Å². The van der Waals surface area contributed by atoms with Gasteiger partial charge in [-0.1, -0.05) is 48.0 Å². The van der Waals surface area contributed by atoms with Crippen LogP contribution in [-0.4, -0.2) is 62.7 Å². The fraction of sp³-hybridized carbons (Fsp3) is 0.304. The van der Waals surface area contributed by atoms with Crippen LogP contribution in [0.4, 0.5) is 0 Å². The first-order valence-electron chi connectivity index (χ1n) is 10.2. The zero-order valence-electron chi connectivity index (χ0n) is 16.9. The maximum absolute atomic E-state index is 12.3. The van der Waals surface area contributed by atoms with Crippen molar-refractivity contribution in [3.05, 3.63) is 70.9 Å². The molecular weight excluding hydrogens is 418 g/mol. The third-order valence-corrected chi connectivity index (χ3v) is 5.97. The molecule has 8 heteroatoms. The molecule has 0 spiro atoms. The Hall–Kier alpha value is -2.87. The molecule has 0 radical (unpaired) electrons. The molecule has 0 aliphatic carbocycles. The zero-order chi connectivity index (χ0) is 22.0. The van der Waals surface area contributed by atoms with Crippen molar-refractivity contribution in [1.82, 2.24) is 14.4 Å². The molecule has 2 heterocycles. The predicted octanol–water partition coefficient (Wildman–Crippen LogP) is 3.32. The number of aromatic nitrogens is 1. The average molecular weight is 442 g/mol. The van der Waals surface area contributed by atoms with Crippen molar-refractivity contribution < 1.29 is 19.8 Å². The zero-order valence-corrected chi connectivity index (χ0v) is 17.7. The summed E-state index contributed by atoms with van der Waals surface area (Å²) in [5, 5.41) is 20.5. The number of hydrogen-bond donors (Lipinski definition) is 2. The van der Waals surface area contributed by atoms with Crippen LogP contribution in [0.2, 0.25) is 5.02 Å². The molecule has 3 aromatic rings. The molecule has 1 aliphatic heterocycles. The number of fused-ring (bicyclic) bond motifs is 1. The Kier molecular flexibility index (Phi) is 6.27. The number of carbonyl (C=O) groups is 2. The number of hydrogen-bond acceptors (Lipinski definition) is 4. The van der Waals surface area contributed by atoms with E-state index in [1.165, 1.54) is 5.56 Å². The Labute approximate surface area is 185 Å². The normalized spacial score (nSPS) is 16.4. The Bertz CT molecular complexity index is 1090. The number of rotatable bonds is 7. The van der Waals surface area contributed by atoms with Crippen LogP contribution in [0.5, 0.6) is 0 Å². The summed E-state index contributed by atoms with van der Waals surface area (Å²) in [6, 6.07) is 14.5. The van der Waals surface area contributed by atoms with Crippen LogP contribution in [0, 0.1) is 0 Å². The summed E-state index contributed by atoms with van der Waals surface area (Å²) in [6.07, 6.45) is 1.64. The first kappa shape index (κ1) is 21.4. The molecule has 4 rings (SSSR count). The predicted molar refractivity (Wildman–Crippen MR) is 118 cm³/mol. The van der Waals surface area contributed by atoms with Gasteiger partial charge in [-0.15, -0.1) is 0 Å². The van der Waals surface area contributed by atoms with E-state index in [1.54, 1.807) is 29.0 Å². The number of aliphatic carboxylic acids is 2. The van der Waals surface area contributed by atoms with E-state index in [-0.39, 0.29) is 6.54 Å². The van der Waals surface area contributed by atoms with E-state index in [1.807, 2.05) is 23.1 Å². The van der Waals surface area contributed by atoms with Crippen LogP contribution in [-0.2, 0) is 22.7 Å². The summed E-state index contributed by atoms with van der Waals surface area (Å²) < 4.78 is 1.56. The highest BCUT2D eigenvalue weighted by Crippen LogP contribution is 2.33. The summed E-state index contributed by atoms with van der Waals surface area (Å²) in [5.74, 6) is -1.94. The number of nitrogens with zero attached hydrogens (tertiary/aromatic N) is 3. The lowest BCUT2D eigenvalue weighted by Crippen LogP contribution is -2.48. The van der Waals surface area contributed by atoms with E-state index < -0.39 is 18.0 Å². The second-order valence-corrected chi connectivity index (χ2v) is 8.24. The molecule has 1 aromatic heterocycles. The van der Waals surface area contributed by atoms with Crippen LogP contribution >= 0.6 is 11.6 Å². The number of benzene rings is 2. The maximum atomic E-state index is 12.3. The smallest absolute Gasteiger partial charge is 0.325 e. The molecule has 1 atom stereocenters. The Morgan fingerprint density at radius 1 is 1.00 bits per heavy atom. The van der Waals surface area contributed by atoms with Crippen LogP contribution in [0.3, 0.4) is 0 Å². The molecule has 1 fully saturated rings. The topological polar surface area (TPSA) is 86.0 Å². The molecule has 31 heavy (non-hydrogen) atoms. The minimum Gasteiger partial charge on any atom is -0.480 e. The largest absolute Gasteiger partial charge is 0.480 e. The highest BCUT2D eigenvalue weighted by atomic mass is 35.5. The quantitative estimate of drug-likeness (QED) is 0.585. The average Bonchev–Trinajstić information content (AvgIpc) is 3.06. The van der Waals surface area contributed by atoms with Gasteiger partial charge in [0.1, 0.15) is 12.6 Å². The van der Waals surface area contributed by atoms with Crippen molar-refractivity contribution in [2.75, 3.05) is 26.2 Å². The van der Waals surface area contributed by atoms with Crippen LogP contribution < -0.4 is 0 Å². The maximum Gasteiger partial charge on any atom is 0.325 e. The van der Waals surface area contributed by atoms with Crippen molar-refractivity contribution >= 4 is 34.4 Å². The lowest BCUT2D eigenvalue weighted by atomic mass is 10.0. The van der Waals surface area contributed by atoms with Gasteiger partial charge < -0.3 is 14.8 Å². The third kappa shape index (κ3) is 4.74. The van der Waals surface area contributed by atoms with Gasteiger partial charge in [-0.2, -0.15) is 0 Å². The van der Waals surface area contributed by atoms with Gasteiger partial charge in [0.15, 0.2) is 0 Å². The molecule has 0 saturated carbocycles. The van der Waals surface area contributed by atoms with E-state index in [2.05, 4.69) is 17.0 Å². The number of piperazine rings is 1. The lowest BCUT2D eigenvalue weighted by Gasteiger charge is -2.37. The minimum atomic E-state index is -0.996. The molecule has 0 bridgehead atoms. The van der Waals surface area contributed by atoms with Gasteiger partial charge in [-0.3, -0.25) is 19.4 Å². The van der Waals surface area contributed by atoms with Crippen molar-refractivity contribution in [2.45, 2.75) is 19.1 Å². The van der Waals surface area contributed by atoms with Crippen molar-refractivity contribution in [2.24, 2.45) is 0 Å². The van der Waals surface area contributed by atoms with Crippen LogP contribution in [0.25, 0.3) is 10.9 Å². The Balaban J connectivity index is 1.58. The second-order valence-electron chi connectivity index (χ2n) is 7.81. The molecule has 7 nitrogen and oxygen atoms in total. The SMILES string of the molecule is O=C(O)Cn1cc(C(C(=O)O)N2CCN(Cc3ccccc3)CC2)c2ccc(Cl)cc21. The second kappa shape index (κ2) is 9.09. The standard InChI is InChI=1S/C23H24ClN3O4/c24-17-6-7-18-19(14-27(15-21(28)29)20(18)12-17)22(23(30)31)26-10-8-25(9-11-26)13-16-4-2-1-3-5-16/h1-7,12,14,22H,8-11,13,15H2,(H,28,29)(H,30,31). The number of carboxylic acid groups (broad SMARTS) is 2. The van der Waals surface area contributed by atoms with Crippen molar-refractivity contribution in [1.29, 1.82) is 0 Å². The third-order valence-electron chi connectivity index (χ3n) is 5.73. The summed E-state index contributed by atoms with van der Waals surface area (Å²) >= 11 is 6.12. The number of halogens is 1. The summed E-state index contributed by atoms with van der Waals surface area (Å²) in [7, 11) is 0. The molecule has 0 amide bonds. The van der Waals surface area contributed by atoms with Crippen LogP contribution in [0.15, 0.2) is 54.7 Å². The fourth-order valence-electron chi connectivity index (χ4n) is 4.30. The summed E-state index contributed by atoms with van der Waals surface area (Å²) in [6.45, 7) is 3.33. The van der Waals surface area contributed by atoms with Gasteiger partial charge in [0, 0.05) is 54.9 Å². The molecular formula is C23H24ClN3O4. The Morgan fingerprint density at radius 2 is 1.71 bits per heavy atom. The van der Waals surface area contributed by atoms with E-state index >= 15 is 0 Å². The summed E-state index contributed by atoms with van der Waals surface area (Å²) in [4.78, 5) is 27.9. The van der Waals surface area contributed by atoms with Crippen molar-refractivity contribution in [3.63, 3.8) is 0 Å². The fourth-order valence-corrected chi connectivity index (χ4v) is 4.46.